The van der Waals surface area contributed by atoms with Crippen molar-refractivity contribution in [2.45, 2.75) is 97.9 Å². The van der Waals surface area contributed by atoms with Gasteiger partial charge in [0.15, 0.2) is 11.5 Å². The van der Waals surface area contributed by atoms with E-state index in [1.165, 1.54) is 16.7 Å². The lowest BCUT2D eigenvalue weighted by molar-refractivity contribution is 0.209. The molecule has 0 atom stereocenters. The molecule has 2 aromatic heterocycles. The van der Waals surface area contributed by atoms with Crippen LogP contribution in [-0.4, -0.2) is 75.8 Å². The molecule has 2 saturated heterocycles. The summed E-state index contributed by atoms with van der Waals surface area (Å²) in [4.78, 5) is 19.9. The van der Waals surface area contributed by atoms with Crippen LogP contribution in [0.1, 0.15) is 77.0 Å². The van der Waals surface area contributed by atoms with Crippen molar-refractivity contribution >= 4 is 11.9 Å². The number of anilines is 2. The molecule has 0 unspecified atom stereocenters. The first kappa shape index (κ1) is 33.4. The van der Waals surface area contributed by atoms with Crippen LogP contribution in [0.5, 0.6) is 11.5 Å². The van der Waals surface area contributed by atoms with Gasteiger partial charge in [-0.2, -0.15) is 0 Å². The fourth-order valence-electron chi connectivity index (χ4n) is 5.32. The topological polar surface area (TPSA) is 109 Å². The molecule has 5 rings (SSSR count). The van der Waals surface area contributed by atoms with Gasteiger partial charge in [0.25, 0.3) is 0 Å². The van der Waals surface area contributed by atoms with Crippen LogP contribution in [0.2, 0.25) is 0 Å². The van der Waals surface area contributed by atoms with Gasteiger partial charge in [0.1, 0.15) is 0 Å². The number of nitrogens with one attached hydrogen (secondary N) is 3. The van der Waals surface area contributed by atoms with Crippen LogP contribution in [0.25, 0.3) is 0 Å². The quantitative estimate of drug-likeness (QED) is 0.245. The lowest BCUT2D eigenvalue weighted by Crippen LogP contribution is -2.39. The highest BCUT2D eigenvalue weighted by Gasteiger charge is 2.20. The average molecular weight is 605 g/mol. The maximum Gasteiger partial charge on any atom is 0.222 e. The van der Waals surface area contributed by atoms with Gasteiger partial charge in [-0.25, -0.2) is 19.9 Å². The molecule has 44 heavy (non-hydrogen) atoms. The third kappa shape index (κ3) is 10.9. The van der Waals surface area contributed by atoms with Gasteiger partial charge in [-0.3, -0.25) is 4.90 Å². The van der Waals surface area contributed by atoms with Gasteiger partial charge in [0, 0.05) is 56.5 Å². The molecule has 0 spiro atoms. The van der Waals surface area contributed by atoms with Crippen LogP contribution in [0.3, 0.4) is 0 Å². The zero-order valence-corrected chi connectivity index (χ0v) is 27.3. The SMILES string of the molecule is CCOc1cc(CN2CCC(Nc3ncc(CC)cn3)CC2)ccc1OC(C)C.CCc1cnc(NC2CCNCC2)nc1. The van der Waals surface area contributed by atoms with Crippen molar-refractivity contribution in [3.8, 4) is 11.5 Å². The Balaban J connectivity index is 0.000000246. The number of hydrogen-bond acceptors (Lipinski definition) is 10. The van der Waals surface area contributed by atoms with Gasteiger partial charge in [-0.15, -0.1) is 0 Å². The van der Waals surface area contributed by atoms with E-state index in [-0.39, 0.29) is 6.10 Å². The minimum absolute atomic E-state index is 0.133. The standard InChI is InChI=1S/C23H34N4O2.C11H18N4/c1-5-18-14-24-23(25-15-18)26-20-9-11-27(12-10-20)16-19-7-8-21(29-17(3)4)22(13-19)28-6-2;1-2-9-7-13-11(14-8-9)15-10-3-5-12-6-4-10/h7-8,13-15,17,20H,5-6,9-12,16H2,1-4H3,(H,24,25,26);7-8,10,12H,2-6H2,1H3,(H,13,14,15). The lowest BCUT2D eigenvalue weighted by Gasteiger charge is -2.32. The highest BCUT2D eigenvalue weighted by atomic mass is 16.5. The first-order valence-electron chi connectivity index (χ1n) is 16.5. The molecule has 0 aliphatic carbocycles. The Labute approximate surface area is 263 Å². The monoisotopic (exact) mass is 604 g/mol. The Morgan fingerprint density at radius 1 is 0.773 bits per heavy atom. The Kier molecular flexibility index (Phi) is 13.4. The maximum atomic E-state index is 5.87. The van der Waals surface area contributed by atoms with Crippen molar-refractivity contribution in [2.75, 3.05) is 43.4 Å². The summed E-state index contributed by atoms with van der Waals surface area (Å²) in [5.41, 5.74) is 3.61. The predicted octanol–water partition coefficient (Wildman–Crippen LogP) is 5.50. The molecule has 240 valence electrons. The molecule has 1 aromatic carbocycles. The number of piperidine rings is 2. The average Bonchev–Trinajstić information content (AvgIpc) is 3.05. The van der Waals surface area contributed by atoms with E-state index < -0.39 is 0 Å². The van der Waals surface area contributed by atoms with E-state index in [1.54, 1.807) is 0 Å². The summed E-state index contributed by atoms with van der Waals surface area (Å²) in [6.07, 6.45) is 14.2. The molecule has 2 aliphatic heterocycles. The molecule has 10 nitrogen and oxygen atoms in total. The minimum atomic E-state index is 0.133. The van der Waals surface area contributed by atoms with Crippen LogP contribution < -0.4 is 25.4 Å². The predicted molar refractivity (Wildman–Crippen MR) is 178 cm³/mol. The van der Waals surface area contributed by atoms with Crippen LogP contribution >= 0.6 is 0 Å². The second kappa shape index (κ2) is 17.7. The third-order valence-electron chi connectivity index (χ3n) is 7.90. The minimum Gasteiger partial charge on any atom is -0.490 e. The first-order chi connectivity index (χ1) is 21.4. The molecule has 3 N–H and O–H groups in total. The van der Waals surface area contributed by atoms with Crippen molar-refractivity contribution in [2.24, 2.45) is 0 Å². The fourth-order valence-corrected chi connectivity index (χ4v) is 5.32. The van der Waals surface area contributed by atoms with Gasteiger partial charge >= 0.3 is 0 Å². The smallest absolute Gasteiger partial charge is 0.222 e. The molecule has 0 saturated carbocycles. The van der Waals surface area contributed by atoms with Gasteiger partial charge in [0.2, 0.25) is 11.9 Å². The summed E-state index contributed by atoms with van der Waals surface area (Å²) in [7, 11) is 0. The Hall–Kier alpha value is -3.50. The maximum absolute atomic E-state index is 5.87. The normalized spacial score (nSPS) is 16.2. The lowest BCUT2D eigenvalue weighted by atomic mass is 10.0. The van der Waals surface area contributed by atoms with Crippen molar-refractivity contribution in [1.82, 2.24) is 30.2 Å². The molecular weight excluding hydrogens is 552 g/mol. The zero-order valence-electron chi connectivity index (χ0n) is 27.3. The molecular formula is C34H52N8O2. The number of ether oxygens (including phenoxy) is 2. The Bertz CT molecular complexity index is 1230. The van der Waals surface area contributed by atoms with E-state index in [0.717, 1.165) is 94.6 Å². The number of benzene rings is 1. The van der Waals surface area contributed by atoms with E-state index in [2.05, 4.69) is 66.8 Å². The first-order valence-corrected chi connectivity index (χ1v) is 16.5. The van der Waals surface area contributed by atoms with E-state index in [0.29, 0.717) is 18.7 Å². The van der Waals surface area contributed by atoms with Gasteiger partial charge in [-0.05, 0) is 101 Å². The molecule has 0 bridgehead atoms. The van der Waals surface area contributed by atoms with Crippen molar-refractivity contribution in [3.63, 3.8) is 0 Å². The summed E-state index contributed by atoms with van der Waals surface area (Å²) in [5.74, 6) is 3.16. The molecule has 2 aliphatic rings. The Morgan fingerprint density at radius 2 is 1.32 bits per heavy atom. The second-order valence-corrected chi connectivity index (χ2v) is 11.8. The number of aryl methyl sites for hydroxylation is 2. The van der Waals surface area contributed by atoms with Crippen LogP contribution in [0, 0.1) is 0 Å². The fraction of sp³-hybridized carbons (Fsp3) is 0.588. The van der Waals surface area contributed by atoms with Crippen molar-refractivity contribution in [1.29, 1.82) is 0 Å². The number of nitrogens with zero attached hydrogens (tertiary/aromatic N) is 5. The van der Waals surface area contributed by atoms with E-state index in [1.807, 2.05) is 51.6 Å². The van der Waals surface area contributed by atoms with E-state index >= 15 is 0 Å². The highest BCUT2D eigenvalue weighted by Crippen LogP contribution is 2.30. The molecule has 10 heteroatoms. The van der Waals surface area contributed by atoms with E-state index in [4.69, 9.17) is 9.47 Å². The second-order valence-electron chi connectivity index (χ2n) is 11.8. The summed E-state index contributed by atoms with van der Waals surface area (Å²) < 4.78 is 11.7. The molecule has 4 heterocycles. The Morgan fingerprint density at radius 3 is 1.82 bits per heavy atom. The largest absolute Gasteiger partial charge is 0.490 e. The third-order valence-corrected chi connectivity index (χ3v) is 7.90. The van der Waals surface area contributed by atoms with Crippen molar-refractivity contribution in [3.05, 3.63) is 59.7 Å². The van der Waals surface area contributed by atoms with E-state index in [9.17, 15) is 0 Å². The summed E-state index contributed by atoms with van der Waals surface area (Å²) in [5, 5.41) is 10.2. The molecule has 3 aromatic rings. The van der Waals surface area contributed by atoms with Crippen molar-refractivity contribution < 1.29 is 9.47 Å². The zero-order chi connectivity index (χ0) is 31.1. The summed E-state index contributed by atoms with van der Waals surface area (Å²) in [6.45, 7) is 16.1. The number of rotatable bonds is 12. The van der Waals surface area contributed by atoms with Gasteiger partial charge in [0.05, 0.1) is 12.7 Å². The number of aromatic nitrogens is 4. The molecule has 2 fully saturated rings. The number of hydrogen-bond donors (Lipinski definition) is 3. The highest BCUT2D eigenvalue weighted by molar-refractivity contribution is 5.43. The summed E-state index contributed by atoms with van der Waals surface area (Å²) in [6, 6.07) is 7.26. The number of likely N-dealkylation sites (tertiary alicyclic amines) is 1. The van der Waals surface area contributed by atoms with Crippen LogP contribution in [0.4, 0.5) is 11.9 Å². The molecule has 0 amide bonds. The molecule has 0 radical (unpaired) electrons. The summed E-state index contributed by atoms with van der Waals surface area (Å²) >= 11 is 0. The van der Waals surface area contributed by atoms with Gasteiger partial charge in [-0.1, -0.05) is 19.9 Å². The van der Waals surface area contributed by atoms with Crippen LogP contribution in [-0.2, 0) is 19.4 Å². The van der Waals surface area contributed by atoms with Gasteiger partial charge < -0.3 is 25.4 Å². The van der Waals surface area contributed by atoms with Crippen LogP contribution in [0.15, 0.2) is 43.0 Å².